The molecule has 0 radical (unpaired) electrons. The van der Waals surface area contributed by atoms with Crippen molar-refractivity contribution >= 4 is 5.57 Å². The molecule has 0 amide bonds. The standard InChI is InChI=1S/C18H19FN6O/c1-12-13(2)21-26-18(12)25-17(20-22-23-25)11-24-9-7-15(8-10-24)14-3-5-16(19)6-4-14/h3-7H,8-11H2,1-2H3. The first-order valence-electron chi connectivity index (χ1n) is 8.49. The average molecular weight is 354 g/mol. The van der Waals surface area contributed by atoms with Crippen LogP contribution < -0.4 is 0 Å². The maximum atomic E-state index is 13.1. The lowest BCUT2D eigenvalue weighted by Gasteiger charge is -2.25. The Morgan fingerprint density at radius 3 is 2.65 bits per heavy atom. The predicted molar refractivity (Wildman–Crippen MR) is 93.0 cm³/mol. The van der Waals surface area contributed by atoms with Gasteiger partial charge in [0.2, 0.25) is 0 Å². The molecule has 4 rings (SSSR count). The molecule has 0 aliphatic carbocycles. The summed E-state index contributed by atoms with van der Waals surface area (Å²) in [5, 5.41) is 15.9. The van der Waals surface area contributed by atoms with Gasteiger partial charge >= 0.3 is 0 Å². The molecule has 1 aromatic carbocycles. The first kappa shape index (κ1) is 16.6. The van der Waals surface area contributed by atoms with Gasteiger partial charge in [0.1, 0.15) is 5.82 Å². The summed E-state index contributed by atoms with van der Waals surface area (Å²) in [7, 11) is 0. The fraction of sp³-hybridized carbons (Fsp3) is 0.333. The lowest BCUT2D eigenvalue weighted by molar-refractivity contribution is 0.280. The maximum absolute atomic E-state index is 13.1. The van der Waals surface area contributed by atoms with Crippen LogP contribution in [0.3, 0.4) is 0 Å². The molecule has 0 spiro atoms. The van der Waals surface area contributed by atoms with Crippen LogP contribution in [0, 0.1) is 19.7 Å². The third-order valence-corrected chi connectivity index (χ3v) is 4.73. The smallest absolute Gasteiger partial charge is 0.257 e. The highest BCUT2D eigenvalue weighted by Crippen LogP contribution is 2.24. The molecule has 26 heavy (non-hydrogen) atoms. The van der Waals surface area contributed by atoms with Crippen molar-refractivity contribution in [2.75, 3.05) is 13.1 Å². The minimum atomic E-state index is -0.212. The monoisotopic (exact) mass is 354 g/mol. The van der Waals surface area contributed by atoms with Crippen molar-refractivity contribution in [3.05, 3.63) is 58.8 Å². The Morgan fingerprint density at radius 1 is 1.19 bits per heavy atom. The van der Waals surface area contributed by atoms with Gasteiger partial charge in [-0.05, 0) is 54.0 Å². The molecule has 1 aliphatic heterocycles. The van der Waals surface area contributed by atoms with E-state index in [0.717, 1.165) is 36.3 Å². The third kappa shape index (κ3) is 3.15. The van der Waals surface area contributed by atoms with E-state index in [1.54, 1.807) is 4.68 Å². The van der Waals surface area contributed by atoms with Crippen LogP contribution in [0.2, 0.25) is 0 Å². The van der Waals surface area contributed by atoms with Gasteiger partial charge in [-0.25, -0.2) is 4.39 Å². The van der Waals surface area contributed by atoms with Crippen molar-refractivity contribution < 1.29 is 8.91 Å². The van der Waals surface area contributed by atoms with Crippen LogP contribution >= 0.6 is 0 Å². The first-order valence-corrected chi connectivity index (χ1v) is 8.49. The summed E-state index contributed by atoms with van der Waals surface area (Å²) in [6.07, 6.45) is 3.07. The fourth-order valence-electron chi connectivity index (χ4n) is 3.04. The van der Waals surface area contributed by atoms with Gasteiger partial charge in [0.15, 0.2) is 5.82 Å². The summed E-state index contributed by atoms with van der Waals surface area (Å²) in [6.45, 7) is 6.10. The first-order chi connectivity index (χ1) is 12.6. The highest BCUT2D eigenvalue weighted by Gasteiger charge is 2.20. The van der Waals surface area contributed by atoms with E-state index in [0.29, 0.717) is 18.3 Å². The Kier molecular flexibility index (Phi) is 4.34. The van der Waals surface area contributed by atoms with Gasteiger partial charge in [-0.2, -0.15) is 4.68 Å². The molecule has 7 nitrogen and oxygen atoms in total. The van der Waals surface area contributed by atoms with Crippen LogP contribution in [-0.4, -0.2) is 43.4 Å². The van der Waals surface area contributed by atoms with Gasteiger partial charge in [-0.15, -0.1) is 5.10 Å². The van der Waals surface area contributed by atoms with E-state index in [1.807, 2.05) is 26.0 Å². The van der Waals surface area contributed by atoms with Crippen LogP contribution in [0.5, 0.6) is 0 Å². The van der Waals surface area contributed by atoms with Gasteiger partial charge in [-0.1, -0.05) is 23.4 Å². The molecular weight excluding hydrogens is 335 g/mol. The Balaban J connectivity index is 1.48. The number of rotatable bonds is 4. The molecule has 2 aromatic heterocycles. The minimum absolute atomic E-state index is 0.212. The predicted octanol–water partition coefficient (Wildman–Crippen LogP) is 2.70. The summed E-state index contributed by atoms with van der Waals surface area (Å²) >= 11 is 0. The number of halogens is 1. The topological polar surface area (TPSA) is 72.9 Å². The molecule has 134 valence electrons. The lowest BCUT2D eigenvalue weighted by atomic mass is 9.99. The molecule has 0 atom stereocenters. The van der Waals surface area contributed by atoms with Crippen LogP contribution in [0.25, 0.3) is 11.5 Å². The second-order valence-electron chi connectivity index (χ2n) is 6.43. The van der Waals surface area contributed by atoms with Crippen molar-refractivity contribution in [2.24, 2.45) is 0 Å². The van der Waals surface area contributed by atoms with Crippen molar-refractivity contribution in [1.29, 1.82) is 0 Å². The second-order valence-corrected chi connectivity index (χ2v) is 6.43. The van der Waals surface area contributed by atoms with Crippen molar-refractivity contribution in [2.45, 2.75) is 26.8 Å². The molecule has 0 N–H and O–H groups in total. The fourth-order valence-corrected chi connectivity index (χ4v) is 3.04. The van der Waals surface area contributed by atoms with Crippen LogP contribution in [0.1, 0.15) is 29.1 Å². The Morgan fingerprint density at radius 2 is 2.00 bits per heavy atom. The number of aryl methyl sites for hydroxylation is 1. The zero-order valence-electron chi connectivity index (χ0n) is 14.7. The van der Waals surface area contributed by atoms with Crippen LogP contribution in [0.4, 0.5) is 4.39 Å². The van der Waals surface area contributed by atoms with E-state index in [4.69, 9.17) is 4.52 Å². The van der Waals surface area contributed by atoms with Crippen molar-refractivity contribution in [3.8, 4) is 5.88 Å². The SMILES string of the molecule is Cc1noc(-n2nnnc2CN2CC=C(c3ccc(F)cc3)CC2)c1C. The normalized spacial score (nSPS) is 15.3. The zero-order chi connectivity index (χ0) is 18.1. The minimum Gasteiger partial charge on any atom is -0.336 e. The summed E-state index contributed by atoms with van der Waals surface area (Å²) in [5.74, 6) is 1.06. The van der Waals surface area contributed by atoms with Crippen LogP contribution in [-0.2, 0) is 6.54 Å². The average Bonchev–Trinajstić information content (AvgIpc) is 3.23. The molecule has 0 saturated carbocycles. The Hall–Kier alpha value is -2.87. The maximum Gasteiger partial charge on any atom is 0.257 e. The zero-order valence-corrected chi connectivity index (χ0v) is 14.7. The second kappa shape index (κ2) is 6.80. The van der Waals surface area contributed by atoms with Gasteiger partial charge in [0, 0.05) is 18.7 Å². The number of benzene rings is 1. The van der Waals surface area contributed by atoms with Crippen molar-refractivity contribution in [1.82, 2.24) is 30.3 Å². The van der Waals surface area contributed by atoms with Gasteiger partial charge in [0.25, 0.3) is 5.88 Å². The number of hydrogen-bond donors (Lipinski definition) is 0. The Bertz CT molecular complexity index is 943. The van der Waals surface area contributed by atoms with E-state index in [-0.39, 0.29) is 5.82 Å². The number of hydrogen-bond acceptors (Lipinski definition) is 6. The third-order valence-electron chi connectivity index (χ3n) is 4.73. The lowest BCUT2D eigenvalue weighted by Crippen LogP contribution is -2.29. The van der Waals surface area contributed by atoms with E-state index in [2.05, 4.69) is 31.7 Å². The molecular formula is C18H19FN6O. The van der Waals surface area contributed by atoms with E-state index >= 15 is 0 Å². The van der Waals surface area contributed by atoms with E-state index in [1.165, 1.54) is 17.7 Å². The number of nitrogens with zero attached hydrogens (tertiary/aromatic N) is 6. The summed E-state index contributed by atoms with van der Waals surface area (Å²) in [6, 6.07) is 6.65. The van der Waals surface area contributed by atoms with Crippen LogP contribution in [0.15, 0.2) is 34.9 Å². The molecule has 3 heterocycles. The van der Waals surface area contributed by atoms with Gasteiger partial charge < -0.3 is 4.52 Å². The highest BCUT2D eigenvalue weighted by atomic mass is 19.1. The van der Waals surface area contributed by atoms with Gasteiger partial charge in [0.05, 0.1) is 12.2 Å². The molecule has 0 fully saturated rings. The van der Waals surface area contributed by atoms with Crippen molar-refractivity contribution in [3.63, 3.8) is 0 Å². The molecule has 1 aliphatic rings. The number of tetrazole rings is 1. The summed E-state index contributed by atoms with van der Waals surface area (Å²) < 4.78 is 20.0. The molecule has 0 saturated heterocycles. The van der Waals surface area contributed by atoms with E-state index < -0.39 is 0 Å². The van der Waals surface area contributed by atoms with E-state index in [9.17, 15) is 4.39 Å². The summed E-state index contributed by atoms with van der Waals surface area (Å²) in [5.41, 5.74) is 4.06. The molecule has 0 unspecified atom stereocenters. The quantitative estimate of drug-likeness (QED) is 0.717. The molecule has 8 heteroatoms. The Labute approximate surface area is 150 Å². The molecule has 0 bridgehead atoms. The van der Waals surface area contributed by atoms with Gasteiger partial charge in [-0.3, -0.25) is 4.90 Å². The number of aromatic nitrogens is 5. The largest absolute Gasteiger partial charge is 0.336 e. The summed E-state index contributed by atoms with van der Waals surface area (Å²) in [4.78, 5) is 2.26. The molecule has 3 aromatic rings. The highest BCUT2D eigenvalue weighted by molar-refractivity contribution is 5.66.